The summed E-state index contributed by atoms with van der Waals surface area (Å²) >= 11 is 0. The second-order valence-electron chi connectivity index (χ2n) is 6.91. The van der Waals surface area contributed by atoms with Crippen molar-refractivity contribution < 1.29 is 22.7 Å². The van der Waals surface area contributed by atoms with E-state index in [1.54, 1.807) is 20.8 Å². The lowest BCUT2D eigenvalue weighted by atomic mass is 9.84. The molecule has 2 saturated heterocycles. The number of rotatable bonds is 1. The number of amides is 1. The van der Waals surface area contributed by atoms with Gasteiger partial charge >= 0.3 is 6.09 Å². The largest absolute Gasteiger partial charge is 0.444 e. The lowest BCUT2D eigenvalue weighted by Crippen LogP contribution is -2.48. The molecular formula is C14H23NO5S. The molecule has 0 saturated carbocycles. The van der Waals surface area contributed by atoms with Crippen LogP contribution >= 0.6 is 0 Å². The maximum absolute atomic E-state index is 12.1. The van der Waals surface area contributed by atoms with Crippen LogP contribution in [0.4, 0.5) is 4.79 Å². The van der Waals surface area contributed by atoms with Crippen LogP contribution in [0.5, 0.6) is 0 Å². The van der Waals surface area contributed by atoms with Crippen molar-refractivity contribution >= 4 is 21.7 Å². The summed E-state index contributed by atoms with van der Waals surface area (Å²) in [6, 6.07) is 0. The Hall–Kier alpha value is -1.11. The van der Waals surface area contributed by atoms with Crippen molar-refractivity contribution in [3.63, 3.8) is 0 Å². The highest BCUT2D eigenvalue weighted by molar-refractivity contribution is 7.91. The van der Waals surface area contributed by atoms with Crippen LogP contribution in [-0.2, 0) is 19.4 Å². The van der Waals surface area contributed by atoms with Crippen LogP contribution < -0.4 is 0 Å². The van der Waals surface area contributed by atoms with Gasteiger partial charge in [-0.2, -0.15) is 0 Å². The van der Waals surface area contributed by atoms with E-state index in [-0.39, 0.29) is 42.1 Å². The monoisotopic (exact) mass is 317 g/mol. The van der Waals surface area contributed by atoms with Gasteiger partial charge in [-0.15, -0.1) is 0 Å². The predicted molar refractivity (Wildman–Crippen MR) is 77.7 cm³/mol. The molecular weight excluding hydrogens is 294 g/mol. The van der Waals surface area contributed by atoms with Crippen LogP contribution in [0.25, 0.3) is 0 Å². The first-order valence-corrected chi connectivity index (χ1v) is 9.10. The summed E-state index contributed by atoms with van der Waals surface area (Å²) in [7, 11) is -3.02. The van der Waals surface area contributed by atoms with E-state index in [1.807, 2.05) is 0 Å². The molecule has 0 aromatic rings. The van der Waals surface area contributed by atoms with E-state index < -0.39 is 21.5 Å². The second-order valence-corrected chi connectivity index (χ2v) is 9.14. The highest BCUT2D eigenvalue weighted by atomic mass is 32.2. The van der Waals surface area contributed by atoms with E-state index >= 15 is 0 Å². The summed E-state index contributed by atoms with van der Waals surface area (Å²) in [4.78, 5) is 25.7. The Labute approximate surface area is 125 Å². The van der Waals surface area contributed by atoms with Crippen molar-refractivity contribution in [3.05, 3.63) is 0 Å². The van der Waals surface area contributed by atoms with Crippen LogP contribution in [0, 0.1) is 11.8 Å². The molecule has 0 spiro atoms. The minimum Gasteiger partial charge on any atom is -0.444 e. The number of likely N-dealkylation sites (tertiary alicyclic amines) is 1. The second kappa shape index (κ2) is 5.59. The first kappa shape index (κ1) is 16.3. The maximum atomic E-state index is 12.1. The van der Waals surface area contributed by atoms with Crippen molar-refractivity contribution in [3.8, 4) is 0 Å². The van der Waals surface area contributed by atoms with Gasteiger partial charge in [0.15, 0.2) is 9.84 Å². The maximum Gasteiger partial charge on any atom is 0.410 e. The van der Waals surface area contributed by atoms with Gasteiger partial charge in [0, 0.05) is 25.4 Å². The van der Waals surface area contributed by atoms with E-state index in [1.165, 1.54) is 4.90 Å². The first-order valence-electron chi connectivity index (χ1n) is 7.28. The number of hydrogen-bond donors (Lipinski definition) is 0. The number of Topliss-reactive ketones (excluding diaryl/α,β-unsaturated/α-hetero) is 1. The minimum absolute atomic E-state index is 0.0611. The van der Waals surface area contributed by atoms with Gasteiger partial charge in [-0.05, 0) is 33.1 Å². The Morgan fingerprint density at radius 3 is 2.52 bits per heavy atom. The molecule has 2 aliphatic rings. The van der Waals surface area contributed by atoms with Gasteiger partial charge in [-0.3, -0.25) is 4.79 Å². The zero-order valence-corrected chi connectivity index (χ0v) is 13.6. The van der Waals surface area contributed by atoms with Crippen LogP contribution in [0.15, 0.2) is 0 Å². The molecule has 2 unspecified atom stereocenters. The molecule has 2 fully saturated rings. The summed E-state index contributed by atoms with van der Waals surface area (Å²) in [6.07, 6.45) is 0.363. The van der Waals surface area contributed by atoms with Crippen molar-refractivity contribution in [1.82, 2.24) is 4.90 Å². The fraction of sp³-hybridized carbons (Fsp3) is 0.857. The quantitative estimate of drug-likeness (QED) is 0.727. The van der Waals surface area contributed by atoms with E-state index in [0.29, 0.717) is 13.0 Å². The lowest BCUT2D eigenvalue weighted by Gasteiger charge is -2.35. The summed E-state index contributed by atoms with van der Waals surface area (Å²) in [5.41, 5.74) is -0.579. The number of sulfone groups is 1. The summed E-state index contributed by atoms with van der Waals surface area (Å²) in [5.74, 6) is -0.257. The van der Waals surface area contributed by atoms with Crippen molar-refractivity contribution in [2.24, 2.45) is 11.8 Å². The number of carbonyl (C=O) groups is 2. The van der Waals surface area contributed by atoms with Gasteiger partial charge < -0.3 is 9.64 Å². The van der Waals surface area contributed by atoms with Gasteiger partial charge in [-0.1, -0.05) is 0 Å². The van der Waals surface area contributed by atoms with Gasteiger partial charge in [-0.25, -0.2) is 13.2 Å². The number of piperidine rings is 1. The van der Waals surface area contributed by atoms with E-state index in [4.69, 9.17) is 4.74 Å². The molecule has 0 aliphatic carbocycles. The molecule has 2 rings (SSSR count). The van der Waals surface area contributed by atoms with Crippen LogP contribution in [0.2, 0.25) is 0 Å². The molecule has 0 bridgehead atoms. The van der Waals surface area contributed by atoms with E-state index in [0.717, 1.165) is 0 Å². The summed E-state index contributed by atoms with van der Waals surface area (Å²) in [6.45, 7) is 6.00. The number of carbonyl (C=O) groups excluding carboxylic acids is 2. The number of hydrogen-bond acceptors (Lipinski definition) is 5. The molecule has 0 aromatic heterocycles. The fourth-order valence-corrected chi connectivity index (χ4v) is 4.79. The van der Waals surface area contributed by atoms with Crippen molar-refractivity contribution in [1.29, 1.82) is 0 Å². The minimum atomic E-state index is -3.02. The molecule has 2 atom stereocenters. The molecule has 2 heterocycles. The van der Waals surface area contributed by atoms with Crippen molar-refractivity contribution in [2.45, 2.75) is 39.2 Å². The Bertz CT molecular complexity index is 534. The zero-order chi connectivity index (χ0) is 15.8. The average molecular weight is 317 g/mol. The van der Waals surface area contributed by atoms with Gasteiger partial charge in [0.05, 0.1) is 11.5 Å². The zero-order valence-electron chi connectivity index (χ0n) is 12.8. The third-order valence-electron chi connectivity index (χ3n) is 3.95. The molecule has 0 radical (unpaired) electrons. The third kappa shape index (κ3) is 4.18. The van der Waals surface area contributed by atoms with Gasteiger partial charge in [0.25, 0.3) is 0 Å². The summed E-state index contributed by atoms with van der Waals surface area (Å²) in [5, 5.41) is 0. The summed E-state index contributed by atoms with van der Waals surface area (Å²) < 4.78 is 28.5. The average Bonchev–Trinajstić information content (AvgIpc) is 2.67. The van der Waals surface area contributed by atoms with E-state index in [9.17, 15) is 18.0 Å². The molecule has 2 aliphatic heterocycles. The molecule has 0 N–H and O–H groups in total. The molecule has 6 nitrogen and oxygen atoms in total. The van der Waals surface area contributed by atoms with E-state index in [2.05, 4.69) is 0 Å². The fourth-order valence-electron chi connectivity index (χ4n) is 2.91. The normalized spacial score (nSPS) is 29.5. The Balaban J connectivity index is 2.03. The van der Waals surface area contributed by atoms with Gasteiger partial charge in [0.2, 0.25) is 0 Å². The topological polar surface area (TPSA) is 80.8 Å². The standard InChI is InChI=1S/C14H23NO5S/c1-14(2,3)20-13(17)15-6-4-12(16)11(8-15)10-5-7-21(18,19)9-10/h10-11H,4-9H2,1-3H3. The number of nitrogens with zero attached hydrogens (tertiary/aromatic N) is 1. The number of ketones is 1. The third-order valence-corrected chi connectivity index (χ3v) is 5.74. The molecule has 1 amide bonds. The number of ether oxygens (including phenoxy) is 1. The molecule has 7 heteroatoms. The van der Waals surface area contributed by atoms with Crippen LogP contribution in [-0.4, -0.2) is 55.4 Å². The molecule has 21 heavy (non-hydrogen) atoms. The Morgan fingerprint density at radius 2 is 2.00 bits per heavy atom. The Morgan fingerprint density at radius 1 is 1.33 bits per heavy atom. The van der Waals surface area contributed by atoms with Crippen LogP contribution in [0.1, 0.15) is 33.6 Å². The van der Waals surface area contributed by atoms with Crippen LogP contribution in [0.3, 0.4) is 0 Å². The molecule has 0 aromatic carbocycles. The van der Waals surface area contributed by atoms with Gasteiger partial charge in [0.1, 0.15) is 11.4 Å². The SMILES string of the molecule is CC(C)(C)OC(=O)N1CCC(=O)C(C2CCS(=O)(=O)C2)C1. The highest BCUT2D eigenvalue weighted by Crippen LogP contribution is 2.30. The smallest absolute Gasteiger partial charge is 0.410 e. The molecule has 120 valence electrons. The first-order chi connectivity index (χ1) is 9.57. The van der Waals surface area contributed by atoms with Crippen molar-refractivity contribution in [2.75, 3.05) is 24.6 Å². The Kier molecular flexibility index (Phi) is 4.33. The lowest BCUT2D eigenvalue weighted by molar-refractivity contribution is -0.127. The predicted octanol–water partition coefficient (Wildman–Crippen LogP) is 1.25. The highest BCUT2D eigenvalue weighted by Gasteiger charge is 2.41.